The van der Waals surface area contributed by atoms with E-state index in [1.54, 1.807) is 30.1 Å². The fourth-order valence-corrected chi connectivity index (χ4v) is 4.97. The van der Waals surface area contributed by atoms with E-state index in [1.165, 1.54) is 7.11 Å². The number of aromatic nitrogens is 3. The number of nitrogens with zero attached hydrogens (tertiary/aromatic N) is 2. The zero-order valence-electron chi connectivity index (χ0n) is 15.4. The van der Waals surface area contributed by atoms with E-state index in [0.717, 1.165) is 34.9 Å². The van der Waals surface area contributed by atoms with Gasteiger partial charge >= 0.3 is 5.97 Å². The average molecular weight is 415 g/mol. The molecule has 2 atom stereocenters. The van der Waals surface area contributed by atoms with Gasteiger partial charge in [0.15, 0.2) is 5.82 Å². The lowest BCUT2D eigenvalue weighted by molar-refractivity contribution is 0.0600. The normalized spacial score (nSPS) is 18.7. The standard InChI is InChI=1S/C20H19ClN4O2S/c1-11-10-23-19-16(17(24-25-19)15-5-3-4-8-22-15)18(28-11)13-7-6-12(9-14(13)21)20(26)27-2/h3-9,11,18H,10H2,1-2H3,(H2,23,24,25). The maximum atomic E-state index is 11.8. The molecular weight excluding hydrogens is 396 g/mol. The first kappa shape index (κ1) is 18.8. The Morgan fingerprint density at radius 1 is 1.32 bits per heavy atom. The third-order valence-corrected chi connectivity index (χ3v) is 6.34. The molecule has 28 heavy (non-hydrogen) atoms. The Labute approximate surface area is 172 Å². The molecule has 0 spiro atoms. The van der Waals surface area contributed by atoms with Crippen molar-refractivity contribution in [1.29, 1.82) is 0 Å². The molecule has 1 aliphatic rings. The third kappa shape index (κ3) is 3.47. The number of esters is 1. The van der Waals surface area contributed by atoms with E-state index in [4.69, 9.17) is 16.3 Å². The zero-order chi connectivity index (χ0) is 19.7. The number of carbonyl (C=O) groups is 1. The maximum Gasteiger partial charge on any atom is 0.337 e. The van der Waals surface area contributed by atoms with Gasteiger partial charge in [0, 0.05) is 28.6 Å². The summed E-state index contributed by atoms with van der Waals surface area (Å²) in [6, 6.07) is 11.1. The Morgan fingerprint density at radius 3 is 2.89 bits per heavy atom. The second-order valence-corrected chi connectivity index (χ2v) is 8.47. The number of aromatic amines is 1. The number of halogens is 1. The number of rotatable bonds is 3. The van der Waals surface area contributed by atoms with Crippen LogP contribution in [0.3, 0.4) is 0 Å². The van der Waals surface area contributed by atoms with Crippen molar-refractivity contribution >= 4 is 35.1 Å². The summed E-state index contributed by atoms with van der Waals surface area (Å²) in [6.07, 6.45) is 1.76. The summed E-state index contributed by atoms with van der Waals surface area (Å²) in [5.41, 5.74) is 4.05. The number of methoxy groups -OCH3 is 1. The number of hydrogen-bond acceptors (Lipinski definition) is 6. The number of pyridine rings is 1. The van der Waals surface area contributed by atoms with Crippen molar-refractivity contribution in [3.63, 3.8) is 0 Å². The molecule has 2 aromatic heterocycles. The SMILES string of the molecule is COC(=O)c1ccc(C2SC(C)CNc3n[nH]c(-c4ccccn4)c32)c(Cl)c1. The highest BCUT2D eigenvalue weighted by Gasteiger charge is 2.31. The molecule has 8 heteroatoms. The first-order chi connectivity index (χ1) is 13.6. The highest BCUT2D eigenvalue weighted by atomic mass is 35.5. The van der Waals surface area contributed by atoms with E-state index < -0.39 is 5.97 Å². The van der Waals surface area contributed by atoms with Gasteiger partial charge in [-0.2, -0.15) is 5.10 Å². The van der Waals surface area contributed by atoms with E-state index in [1.807, 2.05) is 24.3 Å². The Morgan fingerprint density at radius 2 is 2.18 bits per heavy atom. The molecule has 2 N–H and O–H groups in total. The number of nitrogens with one attached hydrogen (secondary N) is 2. The predicted molar refractivity (Wildman–Crippen MR) is 112 cm³/mol. The Hall–Kier alpha value is -2.51. The summed E-state index contributed by atoms with van der Waals surface area (Å²) in [5.74, 6) is 0.394. The molecule has 1 aliphatic heterocycles. The quantitative estimate of drug-likeness (QED) is 0.612. The van der Waals surface area contributed by atoms with E-state index in [0.29, 0.717) is 15.8 Å². The molecular formula is C20H19ClN4O2S. The number of benzene rings is 1. The Kier molecular flexibility index (Phi) is 5.28. The number of H-pyrrole nitrogens is 1. The second-order valence-electron chi connectivity index (χ2n) is 6.51. The number of fused-ring (bicyclic) bond motifs is 1. The second kappa shape index (κ2) is 7.85. The summed E-state index contributed by atoms with van der Waals surface area (Å²) < 4.78 is 4.80. The molecule has 0 radical (unpaired) electrons. The molecule has 4 rings (SSSR count). The predicted octanol–water partition coefficient (Wildman–Crippen LogP) is 4.55. The topological polar surface area (TPSA) is 79.9 Å². The molecule has 0 amide bonds. The highest BCUT2D eigenvalue weighted by molar-refractivity contribution is 8.00. The van der Waals surface area contributed by atoms with Gasteiger partial charge in [-0.3, -0.25) is 10.1 Å². The minimum Gasteiger partial charge on any atom is -0.465 e. The molecule has 2 unspecified atom stereocenters. The van der Waals surface area contributed by atoms with Crippen LogP contribution in [-0.4, -0.2) is 40.1 Å². The summed E-state index contributed by atoms with van der Waals surface area (Å²) in [4.78, 5) is 16.3. The van der Waals surface area contributed by atoms with Crippen LogP contribution in [-0.2, 0) is 4.74 Å². The fraction of sp³-hybridized carbons (Fsp3) is 0.250. The largest absolute Gasteiger partial charge is 0.465 e. The van der Waals surface area contributed by atoms with Crippen molar-refractivity contribution in [2.24, 2.45) is 0 Å². The van der Waals surface area contributed by atoms with Crippen molar-refractivity contribution in [2.45, 2.75) is 17.4 Å². The molecule has 144 valence electrons. The zero-order valence-corrected chi connectivity index (χ0v) is 17.0. The monoisotopic (exact) mass is 414 g/mol. The van der Waals surface area contributed by atoms with Gasteiger partial charge in [-0.05, 0) is 29.8 Å². The molecule has 0 fully saturated rings. The van der Waals surface area contributed by atoms with Gasteiger partial charge in [-0.15, -0.1) is 11.8 Å². The van der Waals surface area contributed by atoms with E-state index >= 15 is 0 Å². The van der Waals surface area contributed by atoms with Gasteiger partial charge in [-0.1, -0.05) is 30.7 Å². The van der Waals surface area contributed by atoms with Crippen LogP contribution < -0.4 is 5.32 Å². The third-order valence-electron chi connectivity index (χ3n) is 4.62. The fourth-order valence-electron chi connectivity index (χ4n) is 3.25. The van der Waals surface area contributed by atoms with Gasteiger partial charge in [0.25, 0.3) is 0 Å². The maximum absolute atomic E-state index is 11.8. The van der Waals surface area contributed by atoms with Crippen LogP contribution in [0.1, 0.15) is 33.7 Å². The van der Waals surface area contributed by atoms with Gasteiger partial charge in [0.05, 0.1) is 29.3 Å². The van der Waals surface area contributed by atoms with Crippen LogP contribution in [0.4, 0.5) is 5.82 Å². The summed E-state index contributed by atoms with van der Waals surface area (Å²) >= 11 is 8.41. The first-order valence-electron chi connectivity index (χ1n) is 8.85. The molecule has 1 aromatic carbocycles. The van der Waals surface area contributed by atoms with Crippen molar-refractivity contribution < 1.29 is 9.53 Å². The number of anilines is 1. The Bertz CT molecular complexity index is 1010. The first-order valence-corrected chi connectivity index (χ1v) is 10.2. The van der Waals surface area contributed by atoms with Crippen LogP contribution in [0.2, 0.25) is 5.02 Å². The van der Waals surface area contributed by atoms with Crippen LogP contribution >= 0.6 is 23.4 Å². The van der Waals surface area contributed by atoms with Gasteiger partial charge in [-0.25, -0.2) is 4.79 Å². The molecule has 3 heterocycles. The highest BCUT2D eigenvalue weighted by Crippen LogP contribution is 2.48. The lowest BCUT2D eigenvalue weighted by atomic mass is 10.0. The van der Waals surface area contributed by atoms with Gasteiger partial charge in [0.1, 0.15) is 0 Å². The van der Waals surface area contributed by atoms with Crippen LogP contribution in [0.15, 0.2) is 42.6 Å². The number of hydrogen-bond donors (Lipinski definition) is 2. The smallest absolute Gasteiger partial charge is 0.337 e. The minimum atomic E-state index is -0.407. The van der Waals surface area contributed by atoms with Crippen molar-refractivity contribution in [2.75, 3.05) is 19.0 Å². The average Bonchev–Trinajstić information content (AvgIpc) is 3.07. The molecule has 3 aromatic rings. The van der Waals surface area contributed by atoms with E-state index in [-0.39, 0.29) is 5.25 Å². The summed E-state index contributed by atoms with van der Waals surface area (Å²) in [6.45, 7) is 2.95. The van der Waals surface area contributed by atoms with Crippen molar-refractivity contribution in [3.8, 4) is 11.4 Å². The lowest BCUT2D eigenvalue weighted by Crippen LogP contribution is -2.11. The minimum absolute atomic E-state index is 0.0602. The van der Waals surface area contributed by atoms with Crippen LogP contribution in [0.25, 0.3) is 11.4 Å². The Balaban J connectivity index is 1.84. The van der Waals surface area contributed by atoms with Gasteiger partial charge in [0.2, 0.25) is 0 Å². The summed E-state index contributed by atoms with van der Waals surface area (Å²) in [5, 5.41) is 11.8. The van der Waals surface area contributed by atoms with Gasteiger partial charge < -0.3 is 10.1 Å². The molecule has 6 nitrogen and oxygen atoms in total. The molecule has 0 saturated carbocycles. The van der Waals surface area contributed by atoms with Crippen molar-refractivity contribution in [3.05, 3.63) is 64.3 Å². The lowest BCUT2D eigenvalue weighted by Gasteiger charge is -2.20. The number of thioether (sulfide) groups is 1. The number of carbonyl (C=O) groups excluding carboxylic acids is 1. The van der Waals surface area contributed by atoms with E-state index in [9.17, 15) is 4.79 Å². The number of ether oxygens (including phenoxy) is 1. The van der Waals surface area contributed by atoms with Crippen LogP contribution in [0.5, 0.6) is 0 Å². The molecule has 0 aliphatic carbocycles. The van der Waals surface area contributed by atoms with E-state index in [2.05, 4.69) is 27.4 Å². The summed E-state index contributed by atoms with van der Waals surface area (Å²) in [7, 11) is 1.36. The molecule has 0 bridgehead atoms. The van der Waals surface area contributed by atoms with Crippen molar-refractivity contribution in [1.82, 2.24) is 15.2 Å². The molecule has 0 saturated heterocycles. The van der Waals surface area contributed by atoms with Crippen LogP contribution in [0, 0.1) is 0 Å².